The van der Waals surface area contributed by atoms with Gasteiger partial charge in [-0.25, -0.2) is 0 Å². The number of rotatable bonds is 5. The zero-order valence-electron chi connectivity index (χ0n) is 17.6. The van der Waals surface area contributed by atoms with E-state index in [1.54, 1.807) is 6.07 Å². The molecule has 32 heavy (non-hydrogen) atoms. The fraction of sp³-hybridized carbons (Fsp3) is 0.304. The number of aromatic hydroxyl groups is 1. The third-order valence-electron chi connectivity index (χ3n) is 5.91. The van der Waals surface area contributed by atoms with Crippen LogP contribution >= 0.6 is 11.3 Å². The van der Waals surface area contributed by atoms with Gasteiger partial charge in [0, 0.05) is 10.1 Å². The van der Waals surface area contributed by atoms with Gasteiger partial charge in [0.2, 0.25) is 0 Å². The number of hydrogen-bond acceptors (Lipinski definition) is 7. The van der Waals surface area contributed by atoms with Crippen molar-refractivity contribution in [2.24, 2.45) is 0 Å². The topological polar surface area (TPSA) is 113 Å². The summed E-state index contributed by atoms with van der Waals surface area (Å²) in [7, 11) is 0. The molecule has 0 saturated heterocycles. The van der Waals surface area contributed by atoms with Crippen molar-refractivity contribution in [3.05, 3.63) is 52.4 Å². The van der Waals surface area contributed by atoms with E-state index in [9.17, 15) is 9.90 Å². The third kappa shape index (κ3) is 4.03. The van der Waals surface area contributed by atoms with Gasteiger partial charge >= 0.3 is 0 Å². The fourth-order valence-corrected chi connectivity index (χ4v) is 5.30. The number of carbonyl (C=O) groups excluding carboxylic acids is 1. The van der Waals surface area contributed by atoms with Gasteiger partial charge in [0.1, 0.15) is 16.4 Å². The maximum absolute atomic E-state index is 13.0. The lowest BCUT2D eigenvalue weighted by molar-refractivity contribution is 0.102. The number of aromatic amines is 1. The number of amides is 1. The first kappa shape index (κ1) is 20.4. The van der Waals surface area contributed by atoms with E-state index in [1.165, 1.54) is 49.0 Å². The van der Waals surface area contributed by atoms with Gasteiger partial charge in [-0.05, 0) is 66.3 Å². The van der Waals surface area contributed by atoms with E-state index in [1.807, 2.05) is 25.1 Å². The first-order valence-corrected chi connectivity index (χ1v) is 11.5. The molecule has 0 spiro atoms. The molecule has 0 aliphatic heterocycles. The monoisotopic (exact) mass is 449 g/mol. The zero-order chi connectivity index (χ0) is 22.1. The Hall–Kier alpha value is -3.46. The number of ether oxygens (including phenoxy) is 1. The van der Waals surface area contributed by atoms with Crippen molar-refractivity contribution in [1.82, 2.24) is 20.6 Å². The van der Waals surface area contributed by atoms with Gasteiger partial charge in [0.25, 0.3) is 11.9 Å². The fourth-order valence-electron chi connectivity index (χ4n) is 4.20. The molecule has 1 amide bonds. The Kier molecular flexibility index (Phi) is 5.48. The Morgan fingerprint density at radius 1 is 1.19 bits per heavy atom. The number of carbonyl (C=O) groups is 1. The number of fused-ring (bicyclic) bond motifs is 1. The van der Waals surface area contributed by atoms with Crippen molar-refractivity contribution in [3.63, 3.8) is 0 Å². The van der Waals surface area contributed by atoms with Crippen LogP contribution in [0, 0.1) is 6.92 Å². The number of phenolic OH excluding ortho intramolecular Hbond substituents is 1. The average molecular weight is 450 g/mol. The van der Waals surface area contributed by atoms with E-state index in [2.05, 4.69) is 38.1 Å². The molecular weight excluding hydrogens is 426 g/mol. The first-order valence-electron chi connectivity index (χ1n) is 10.7. The molecule has 1 aliphatic rings. The van der Waals surface area contributed by atoms with Crippen LogP contribution in [0.1, 0.15) is 58.8 Å². The van der Waals surface area contributed by atoms with Crippen LogP contribution in [0.5, 0.6) is 17.2 Å². The maximum atomic E-state index is 13.0. The lowest BCUT2D eigenvalue weighted by atomic mass is 9.84. The van der Waals surface area contributed by atoms with Crippen LogP contribution in [0.15, 0.2) is 36.4 Å². The lowest BCUT2D eigenvalue weighted by Gasteiger charge is -2.22. The minimum atomic E-state index is -0.404. The number of benzene rings is 2. The highest BCUT2D eigenvalue weighted by atomic mass is 32.1. The second-order valence-electron chi connectivity index (χ2n) is 8.09. The summed E-state index contributed by atoms with van der Waals surface area (Å²) in [5.74, 6) is 1.46. The molecule has 164 valence electrons. The molecule has 1 aliphatic carbocycles. The van der Waals surface area contributed by atoms with Crippen LogP contribution in [0.3, 0.4) is 0 Å². The van der Waals surface area contributed by atoms with Crippen LogP contribution < -0.4 is 10.1 Å². The van der Waals surface area contributed by atoms with E-state index < -0.39 is 5.91 Å². The van der Waals surface area contributed by atoms with Gasteiger partial charge in [0.05, 0.1) is 0 Å². The van der Waals surface area contributed by atoms with Gasteiger partial charge in [-0.3, -0.25) is 10.1 Å². The summed E-state index contributed by atoms with van der Waals surface area (Å²) >= 11 is 1.29. The number of anilines is 1. The first-order chi connectivity index (χ1) is 15.6. The summed E-state index contributed by atoms with van der Waals surface area (Å²) in [6, 6.07) is 11.6. The van der Waals surface area contributed by atoms with E-state index in [0.29, 0.717) is 27.7 Å². The zero-order valence-corrected chi connectivity index (χ0v) is 18.4. The van der Waals surface area contributed by atoms with Crippen LogP contribution in [0.4, 0.5) is 5.95 Å². The number of tetrazole rings is 1. The molecular formula is C23H23N5O3S. The summed E-state index contributed by atoms with van der Waals surface area (Å²) in [6.07, 6.45) is 6.35. The molecule has 0 radical (unpaired) electrons. The van der Waals surface area contributed by atoms with E-state index in [0.717, 1.165) is 10.3 Å². The molecule has 0 bridgehead atoms. The molecule has 8 nitrogen and oxygen atoms in total. The van der Waals surface area contributed by atoms with Crippen molar-refractivity contribution >= 4 is 33.3 Å². The van der Waals surface area contributed by atoms with Crippen LogP contribution in [0.25, 0.3) is 10.1 Å². The Morgan fingerprint density at radius 2 is 1.97 bits per heavy atom. The van der Waals surface area contributed by atoms with Crippen LogP contribution in [-0.4, -0.2) is 31.6 Å². The maximum Gasteiger partial charge on any atom is 0.272 e. The second-order valence-corrected chi connectivity index (χ2v) is 9.14. The Morgan fingerprint density at radius 3 is 2.69 bits per heavy atom. The summed E-state index contributed by atoms with van der Waals surface area (Å²) in [5, 5.41) is 26.9. The number of aryl methyl sites for hydroxylation is 1. The molecule has 4 aromatic rings. The number of phenols is 1. The van der Waals surface area contributed by atoms with Gasteiger partial charge in [0.15, 0.2) is 5.75 Å². The van der Waals surface area contributed by atoms with Gasteiger partial charge in [-0.15, -0.1) is 16.4 Å². The molecule has 1 saturated carbocycles. The van der Waals surface area contributed by atoms with Crippen molar-refractivity contribution in [2.75, 3.05) is 5.32 Å². The van der Waals surface area contributed by atoms with Crippen LogP contribution in [-0.2, 0) is 0 Å². The molecule has 1 fully saturated rings. The van der Waals surface area contributed by atoms with E-state index >= 15 is 0 Å². The Bertz CT molecular complexity index is 1250. The number of aromatic nitrogens is 4. The molecule has 2 heterocycles. The van der Waals surface area contributed by atoms with Gasteiger partial charge in [-0.1, -0.05) is 36.5 Å². The molecule has 3 N–H and O–H groups in total. The standard InChI is InChI=1S/C23H23N5O3S/c1-13-11-19-17(12-18(13)29)20(21(32-19)22(30)24-23-25-27-28-26-23)31-16-9-7-15(8-10-16)14-5-3-2-4-6-14/h7-12,14,29H,2-6H2,1H3,(H2,24,25,26,27,28,30). The van der Waals surface area contributed by atoms with Crippen molar-refractivity contribution in [2.45, 2.75) is 44.9 Å². The second kappa shape index (κ2) is 8.58. The molecule has 0 unspecified atom stereocenters. The summed E-state index contributed by atoms with van der Waals surface area (Å²) < 4.78 is 7.05. The predicted octanol–water partition coefficient (Wildman–Crippen LogP) is 5.52. The Labute approximate surface area is 188 Å². The third-order valence-corrected chi connectivity index (χ3v) is 7.05. The quantitative estimate of drug-likeness (QED) is 0.370. The highest BCUT2D eigenvalue weighted by Gasteiger charge is 2.23. The molecule has 5 rings (SSSR count). The van der Waals surface area contributed by atoms with Crippen molar-refractivity contribution in [3.8, 4) is 17.2 Å². The molecule has 0 atom stereocenters. The van der Waals surface area contributed by atoms with Crippen molar-refractivity contribution < 1.29 is 14.6 Å². The van der Waals surface area contributed by atoms with Crippen LogP contribution in [0.2, 0.25) is 0 Å². The molecule has 2 aromatic carbocycles. The summed E-state index contributed by atoms with van der Waals surface area (Å²) in [5.41, 5.74) is 2.06. The minimum absolute atomic E-state index is 0.0780. The predicted molar refractivity (Wildman–Crippen MR) is 123 cm³/mol. The molecule has 2 aromatic heterocycles. The average Bonchev–Trinajstić information content (AvgIpc) is 3.44. The summed E-state index contributed by atoms with van der Waals surface area (Å²) in [6.45, 7) is 1.82. The molecule has 9 heteroatoms. The smallest absolute Gasteiger partial charge is 0.272 e. The highest BCUT2D eigenvalue weighted by Crippen LogP contribution is 2.43. The SMILES string of the molecule is Cc1cc2sc(C(=O)Nc3nn[nH]n3)c(Oc3ccc(C4CCCCC4)cc3)c2cc1O. The highest BCUT2D eigenvalue weighted by molar-refractivity contribution is 7.21. The Balaban J connectivity index is 1.48. The van der Waals surface area contributed by atoms with E-state index in [-0.39, 0.29) is 11.7 Å². The largest absolute Gasteiger partial charge is 0.508 e. The van der Waals surface area contributed by atoms with Gasteiger partial charge in [-0.2, -0.15) is 5.21 Å². The van der Waals surface area contributed by atoms with E-state index in [4.69, 9.17) is 4.74 Å². The number of nitrogens with zero attached hydrogens (tertiary/aromatic N) is 3. The lowest BCUT2D eigenvalue weighted by Crippen LogP contribution is -2.12. The summed E-state index contributed by atoms with van der Waals surface area (Å²) in [4.78, 5) is 13.3. The normalized spacial score (nSPS) is 14.5. The number of hydrogen-bond donors (Lipinski definition) is 3. The number of nitrogens with one attached hydrogen (secondary N) is 2. The van der Waals surface area contributed by atoms with Gasteiger partial charge < -0.3 is 9.84 Å². The van der Waals surface area contributed by atoms with Crippen molar-refractivity contribution in [1.29, 1.82) is 0 Å². The minimum Gasteiger partial charge on any atom is -0.508 e. The number of H-pyrrole nitrogens is 1. The number of thiophene rings is 1.